The molecule has 0 unspecified atom stereocenters. The second kappa shape index (κ2) is 8.21. The van der Waals surface area contributed by atoms with Crippen LogP contribution in [0.2, 0.25) is 0 Å². The molecule has 0 aliphatic heterocycles. The zero-order chi connectivity index (χ0) is 20.3. The molecule has 0 saturated heterocycles. The Bertz CT molecular complexity index is 1000. The van der Waals surface area contributed by atoms with Gasteiger partial charge in [-0.15, -0.1) is 0 Å². The van der Waals surface area contributed by atoms with Crippen LogP contribution in [-0.2, 0) is 4.79 Å². The van der Waals surface area contributed by atoms with Gasteiger partial charge in [0, 0.05) is 18.0 Å². The summed E-state index contributed by atoms with van der Waals surface area (Å²) in [6, 6.07) is 4.87. The number of benzene rings is 1. The smallest absolute Gasteiger partial charge is 0.320 e. The number of nitrogens with zero attached hydrogens (tertiary/aromatic N) is 3. The highest BCUT2D eigenvalue weighted by atomic mass is 32.1. The van der Waals surface area contributed by atoms with Gasteiger partial charge in [0.05, 0.1) is 17.1 Å². The standard InChI is InChI=1S/C17H14F3N5O2S/c1-9-13(14-21-6-7-25(14)16(19)20)28-17(23-9)24-12(26)8-22-15(27)10-2-4-11(18)5-3-10/h2-7,16H,8H2,1H3,(H,22,27)(H,23,24,26). The third kappa shape index (κ3) is 4.36. The summed E-state index contributed by atoms with van der Waals surface area (Å²) in [5.74, 6) is -1.51. The van der Waals surface area contributed by atoms with Crippen LogP contribution in [0.15, 0.2) is 36.7 Å². The highest BCUT2D eigenvalue weighted by Gasteiger charge is 2.19. The minimum atomic E-state index is -2.75. The first-order valence-corrected chi connectivity index (χ1v) is 8.79. The van der Waals surface area contributed by atoms with Crippen LogP contribution in [0, 0.1) is 12.7 Å². The van der Waals surface area contributed by atoms with Crippen LogP contribution in [0.4, 0.5) is 18.3 Å². The molecule has 7 nitrogen and oxygen atoms in total. The molecule has 2 N–H and O–H groups in total. The SMILES string of the molecule is Cc1nc(NC(=O)CNC(=O)c2ccc(F)cc2)sc1-c1nccn1C(F)F. The fraction of sp³-hybridized carbons (Fsp3) is 0.176. The lowest BCUT2D eigenvalue weighted by Gasteiger charge is -2.05. The number of imidazole rings is 1. The molecule has 2 heterocycles. The van der Waals surface area contributed by atoms with Gasteiger partial charge in [0.15, 0.2) is 11.0 Å². The predicted molar refractivity (Wildman–Crippen MR) is 96.7 cm³/mol. The number of carbonyl (C=O) groups excluding carboxylic acids is 2. The number of aryl methyl sites for hydroxylation is 1. The molecule has 0 atom stereocenters. The van der Waals surface area contributed by atoms with Gasteiger partial charge >= 0.3 is 6.55 Å². The van der Waals surface area contributed by atoms with E-state index in [9.17, 15) is 22.8 Å². The zero-order valence-electron chi connectivity index (χ0n) is 14.4. The van der Waals surface area contributed by atoms with Gasteiger partial charge in [-0.25, -0.2) is 14.4 Å². The summed E-state index contributed by atoms with van der Waals surface area (Å²) < 4.78 is 39.6. The molecule has 1 aromatic carbocycles. The van der Waals surface area contributed by atoms with Gasteiger partial charge in [0.1, 0.15) is 5.82 Å². The number of halogens is 3. The van der Waals surface area contributed by atoms with Crippen molar-refractivity contribution in [1.82, 2.24) is 19.9 Å². The first kappa shape index (κ1) is 19.5. The fourth-order valence-corrected chi connectivity index (χ4v) is 3.31. The summed E-state index contributed by atoms with van der Waals surface area (Å²) in [5.41, 5.74) is 0.643. The number of nitrogens with one attached hydrogen (secondary N) is 2. The minimum Gasteiger partial charge on any atom is -0.343 e. The molecule has 0 aliphatic carbocycles. The second-order valence-electron chi connectivity index (χ2n) is 5.61. The van der Waals surface area contributed by atoms with Crippen LogP contribution in [0.1, 0.15) is 22.6 Å². The van der Waals surface area contributed by atoms with Crippen molar-refractivity contribution in [1.29, 1.82) is 0 Å². The lowest BCUT2D eigenvalue weighted by Crippen LogP contribution is -2.32. The van der Waals surface area contributed by atoms with E-state index in [4.69, 9.17) is 0 Å². The van der Waals surface area contributed by atoms with Crippen LogP contribution in [0.3, 0.4) is 0 Å². The third-order valence-corrected chi connectivity index (χ3v) is 4.71. The summed E-state index contributed by atoms with van der Waals surface area (Å²) in [6.45, 7) is -1.48. The molecule has 3 rings (SSSR count). The number of hydrogen-bond acceptors (Lipinski definition) is 5. The molecule has 0 spiro atoms. The van der Waals surface area contributed by atoms with Gasteiger partial charge in [-0.1, -0.05) is 11.3 Å². The van der Waals surface area contributed by atoms with E-state index < -0.39 is 24.2 Å². The number of hydrogen-bond donors (Lipinski definition) is 2. The second-order valence-corrected chi connectivity index (χ2v) is 6.61. The monoisotopic (exact) mass is 409 g/mol. The quantitative estimate of drug-likeness (QED) is 0.654. The molecule has 146 valence electrons. The van der Waals surface area contributed by atoms with Crippen LogP contribution in [-0.4, -0.2) is 32.9 Å². The van der Waals surface area contributed by atoms with Crippen molar-refractivity contribution in [2.75, 3.05) is 11.9 Å². The summed E-state index contributed by atoms with van der Waals surface area (Å²) in [4.78, 5) is 32.4. The van der Waals surface area contributed by atoms with Crippen LogP contribution >= 0.6 is 11.3 Å². The van der Waals surface area contributed by atoms with Crippen molar-refractivity contribution in [3.8, 4) is 10.7 Å². The molecular weight excluding hydrogens is 395 g/mol. The highest BCUT2D eigenvalue weighted by Crippen LogP contribution is 2.33. The van der Waals surface area contributed by atoms with Crippen molar-refractivity contribution >= 4 is 28.3 Å². The largest absolute Gasteiger partial charge is 0.343 e. The number of amides is 2. The van der Waals surface area contributed by atoms with Crippen LogP contribution in [0.5, 0.6) is 0 Å². The molecule has 0 bridgehead atoms. The number of thiazole rings is 1. The van der Waals surface area contributed by atoms with Crippen LogP contribution < -0.4 is 10.6 Å². The number of rotatable bonds is 6. The lowest BCUT2D eigenvalue weighted by molar-refractivity contribution is -0.115. The first-order chi connectivity index (χ1) is 13.3. The Hall–Kier alpha value is -3.21. The Morgan fingerprint density at radius 2 is 1.96 bits per heavy atom. The maximum Gasteiger partial charge on any atom is 0.320 e. The fourth-order valence-electron chi connectivity index (χ4n) is 2.33. The molecule has 28 heavy (non-hydrogen) atoms. The van der Waals surface area contributed by atoms with E-state index >= 15 is 0 Å². The van der Waals surface area contributed by atoms with E-state index in [1.807, 2.05) is 0 Å². The predicted octanol–water partition coefficient (Wildman–Crippen LogP) is 3.22. The maximum absolute atomic E-state index is 13.0. The number of carbonyl (C=O) groups is 2. The number of anilines is 1. The van der Waals surface area contributed by atoms with Crippen molar-refractivity contribution in [3.05, 3.63) is 53.7 Å². The van der Waals surface area contributed by atoms with Gasteiger partial charge < -0.3 is 10.6 Å². The molecule has 0 fully saturated rings. The lowest BCUT2D eigenvalue weighted by atomic mass is 10.2. The van der Waals surface area contributed by atoms with E-state index in [1.54, 1.807) is 6.92 Å². The average Bonchev–Trinajstić information content (AvgIpc) is 3.26. The van der Waals surface area contributed by atoms with E-state index in [0.29, 0.717) is 15.1 Å². The summed E-state index contributed by atoms with van der Waals surface area (Å²) in [6.07, 6.45) is 2.41. The van der Waals surface area contributed by atoms with Gasteiger partial charge in [-0.05, 0) is 31.2 Å². The number of aromatic nitrogens is 3. The van der Waals surface area contributed by atoms with Crippen LogP contribution in [0.25, 0.3) is 10.7 Å². The third-order valence-electron chi connectivity index (χ3n) is 3.64. The van der Waals surface area contributed by atoms with Gasteiger partial charge in [-0.2, -0.15) is 8.78 Å². The van der Waals surface area contributed by atoms with Crippen molar-refractivity contribution < 1.29 is 22.8 Å². The molecule has 0 saturated carbocycles. The van der Waals surface area contributed by atoms with Gasteiger partial charge in [-0.3, -0.25) is 14.2 Å². The average molecular weight is 409 g/mol. The number of alkyl halides is 2. The molecule has 2 aromatic heterocycles. The summed E-state index contributed by atoms with van der Waals surface area (Å²) in [5, 5.41) is 5.09. The molecule has 3 aromatic rings. The zero-order valence-corrected chi connectivity index (χ0v) is 15.3. The Balaban J connectivity index is 1.62. The molecule has 0 radical (unpaired) electrons. The van der Waals surface area contributed by atoms with E-state index in [0.717, 1.165) is 29.7 Å². The van der Waals surface area contributed by atoms with Crippen molar-refractivity contribution in [3.63, 3.8) is 0 Å². The highest BCUT2D eigenvalue weighted by molar-refractivity contribution is 7.19. The molecule has 2 amide bonds. The van der Waals surface area contributed by atoms with Gasteiger partial charge in [0.2, 0.25) is 5.91 Å². The Morgan fingerprint density at radius 1 is 1.25 bits per heavy atom. The Labute approximate surface area is 161 Å². The first-order valence-electron chi connectivity index (χ1n) is 7.97. The van der Waals surface area contributed by atoms with Gasteiger partial charge in [0.25, 0.3) is 5.91 Å². The summed E-state index contributed by atoms with van der Waals surface area (Å²) in [7, 11) is 0. The van der Waals surface area contributed by atoms with Crippen molar-refractivity contribution in [2.24, 2.45) is 0 Å². The summed E-state index contributed by atoms with van der Waals surface area (Å²) >= 11 is 0.995. The molecule has 0 aliphatic rings. The Morgan fingerprint density at radius 3 is 2.64 bits per heavy atom. The van der Waals surface area contributed by atoms with E-state index in [1.165, 1.54) is 18.3 Å². The minimum absolute atomic E-state index is 0.0510. The Kier molecular flexibility index (Phi) is 5.73. The van der Waals surface area contributed by atoms with Crippen molar-refractivity contribution in [2.45, 2.75) is 13.5 Å². The van der Waals surface area contributed by atoms with E-state index in [2.05, 4.69) is 20.6 Å². The van der Waals surface area contributed by atoms with E-state index in [-0.39, 0.29) is 23.1 Å². The molecular formula is C17H14F3N5O2S. The maximum atomic E-state index is 13.0. The molecule has 11 heteroatoms. The normalized spacial score (nSPS) is 10.9. The topological polar surface area (TPSA) is 88.9 Å².